The van der Waals surface area contributed by atoms with Gasteiger partial charge >= 0.3 is 6.03 Å². The second-order valence-corrected chi connectivity index (χ2v) is 5.29. The van der Waals surface area contributed by atoms with Gasteiger partial charge in [-0.3, -0.25) is 5.32 Å². The third kappa shape index (κ3) is 5.11. The third-order valence-electron chi connectivity index (χ3n) is 2.85. The highest BCUT2D eigenvalue weighted by atomic mass is 16.2. The molecule has 0 radical (unpaired) electrons. The van der Waals surface area contributed by atoms with Gasteiger partial charge in [-0.25, -0.2) is 4.79 Å². The zero-order valence-corrected chi connectivity index (χ0v) is 11.4. The van der Waals surface area contributed by atoms with Gasteiger partial charge in [-0.1, -0.05) is 13.8 Å². The Balaban J connectivity index is 1.75. The number of carbonyl (C=O) groups excluding carboxylic acids is 1. The number of aromatic nitrogens is 2. The van der Waals surface area contributed by atoms with Crippen LogP contribution in [0.25, 0.3) is 0 Å². The van der Waals surface area contributed by atoms with Gasteiger partial charge in [-0.15, -0.1) is 10.2 Å². The van der Waals surface area contributed by atoms with Gasteiger partial charge in [0.25, 0.3) is 0 Å². The van der Waals surface area contributed by atoms with Gasteiger partial charge in [0.15, 0.2) is 5.82 Å². The van der Waals surface area contributed by atoms with E-state index in [1.54, 1.807) is 6.07 Å². The van der Waals surface area contributed by atoms with Crippen LogP contribution in [0.5, 0.6) is 0 Å². The minimum Gasteiger partial charge on any atom is -0.369 e. The molecule has 1 aromatic heterocycles. The van der Waals surface area contributed by atoms with Crippen LogP contribution in [0, 0.1) is 5.92 Å². The summed E-state index contributed by atoms with van der Waals surface area (Å²) in [7, 11) is 0. The molecule has 104 valence electrons. The van der Waals surface area contributed by atoms with Crippen LogP contribution in [-0.4, -0.2) is 28.8 Å². The summed E-state index contributed by atoms with van der Waals surface area (Å²) in [4.78, 5) is 11.5. The molecule has 0 atom stereocenters. The fourth-order valence-electron chi connectivity index (χ4n) is 1.55. The highest BCUT2D eigenvalue weighted by Crippen LogP contribution is 2.18. The lowest BCUT2D eigenvalue weighted by Crippen LogP contribution is -2.30. The van der Waals surface area contributed by atoms with Crippen molar-refractivity contribution < 1.29 is 4.79 Å². The number of nitrogens with zero attached hydrogens (tertiary/aromatic N) is 2. The number of nitrogens with one attached hydrogen (secondary N) is 3. The van der Waals surface area contributed by atoms with E-state index in [4.69, 9.17) is 0 Å². The van der Waals surface area contributed by atoms with Crippen LogP contribution in [0.3, 0.4) is 0 Å². The molecule has 0 spiro atoms. The van der Waals surface area contributed by atoms with Crippen LogP contribution in [0.15, 0.2) is 12.1 Å². The molecule has 0 bridgehead atoms. The normalized spacial score (nSPS) is 14.3. The maximum atomic E-state index is 11.5. The Kier molecular flexibility index (Phi) is 4.54. The molecule has 6 heteroatoms. The maximum Gasteiger partial charge on any atom is 0.320 e. The Morgan fingerprint density at radius 3 is 2.58 bits per heavy atom. The van der Waals surface area contributed by atoms with Crippen molar-refractivity contribution in [1.29, 1.82) is 0 Å². The van der Waals surface area contributed by atoms with Gasteiger partial charge in [0.2, 0.25) is 0 Å². The van der Waals surface area contributed by atoms with Crippen molar-refractivity contribution in [3.63, 3.8) is 0 Å². The zero-order chi connectivity index (χ0) is 13.7. The largest absolute Gasteiger partial charge is 0.369 e. The number of hydrogen-bond acceptors (Lipinski definition) is 4. The van der Waals surface area contributed by atoms with Crippen molar-refractivity contribution >= 4 is 17.7 Å². The molecular weight excluding hydrogens is 242 g/mol. The average Bonchev–Trinajstić information content (AvgIpc) is 3.14. The lowest BCUT2D eigenvalue weighted by Gasteiger charge is -2.08. The Morgan fingerprint density at radius 2 is 2.00 bits per heavy atom. The number of rotatable bonds is 6. The quantitative estimate of drug-likeness (QED) is 0.735. The topological polar surface area (TPSA) is 78.9 Å². The third-order valence-corrected chi connectivity index (χ3v) is 2.85. The molecule has 1 aromatic rings. The minimum atomic E-state index is -0.211. The number of urea groups is 1. The van der Waals surface area contributed by atoms with Gasteiger partial charge < -0.3 is 10.6 Å². The Labute approximate surface area is 113 Å². The van der Waals surface area contributed by atoms with Crippen LogP contribution < -0.4 is 16.0 Å². The van der Waals surface area contributed by atoms with Gasteiger partial charge in [-0.05, 0) is 37.3 Å². The zero-order valence-electron chi connectivity index (χ0n) is 11.4. The number of carbonyl (C=O) groups is 1. The van der Waals surface area contributed by atoms with E-state index in [2.05, 4.69) is 40.0 Å². The molecule has 2 amide bonds. The second-order valence-electron chi connectivity index (χ2n) is 5.29. The predicted molar refractivity (Wildman–Crippen MR) is 75.2 cm³/mol. The lowest BCUT2D eigenvalue weighted by atomic mass is 10.1. The first-order chi connectivity index (χ1) is 9.13. The molecule has 1 saturated carbocycles. The van der Waals surface area contributed by atoms with E-state index in [1.807, 2.05) is 6.07 Å². The van der Waals surface area contributed by atoms with Gasteiger partial charge in [0.1, 0.15) is 5.82 Å². The summed E-state index contributed by atoms with van der Waals surface area (Å²) in [6.07, 6.45) is 3.22. The molecule has 1 aliphatic rings. The van der Waals surface area contributed by atoms with Crippen molar-refractivity contribution in [3.05, 3.63) is 12.1 Å². The molecular formula is C13H21N5O. The first-order valence-corrected chi connectivity index (χ1v) is 6.78. The maximum absolute atomic E-state index is 11.5. The molecule has 19 heavy (non-hydrogen) atoms. The predicted octanol–water partition coefficient (Wildman–Crippen LogP) is 2.22. The molecule has 6 nitrogen and oxygen atoms in total. The van der Waals surface area contributed by atoms with Crippen molar-refractivity contribution in [2.24, 2.45) is 5.92 Å². The summed E-state index contributed by atoms with van der Waals surface area (Å²) in [6, 6.07) is 3.69. The molecule has 2 rings (SSSR count). The van der Waals surface area contributed by atoms with Crippen LogP contribution in [0.1, 0.15) is 33.1 Å². The molecule has 1 heterocycles. The van der Waals surface area contributed by atoms with E-state index < -0.39 is 0 Å². The van der Waals surface area contributed by atoms with Crippen molar-refractivity contribution in [2.75, 3.05) is 17.2 Å². The van der Waals surface area contributed by atoms with Crippen LogP contribution in [0.2, 0.25) is 0 Å². The van der Waals surface area contributed by atoms with E-state index >= 15 is 0 Å². The molecule has 1 fully saturated rings. The molecule has 0 aliphatic heterocycles. The summed E-state index contributed by atoms with van der Waals surface area (Å²) < 4.78 is 0. The minimum absolute atomic E-state index is 0.211. The van der Waals surface area contributed by atoms with Crippen molar-refractivity contribution in [1.82, 2.24) is 15.5 Å². The summed E-state index contributed by atoms with van der Waals surface area (Å²) in [5, 5.41) is 16.7. The van der Waals surface area contributed by atoms with E-state index in [0.29, 0.717) is 17.8 Å². The summed E-state index contributed by atoms with van der Waals surface area (Å²) in [5.41, 5.74) is 0. The lowest BCUT2D eigenvalue weighted by molar-refractivity contribution is 0.251. The highest BCUT2D eigenvalue weighted by molar-refractivity contribution is 5.88. The monoisotopic (exact) mass is 263 g/mol. The van der Waals surface area contributed by atoms with E-state index in [-0.39, 0.29) is 6.03 Å². The Morgan fingerprint density at radius 1 is 1.32 bits per heavy atom. The summed E-state index contributed by atoms with van der Waals surface area (Å²) in [5.74, 6) is 1.86. The Hall–Kier alpha value is -1.85. The summed E-state index contributed by atoms with van der Waals surface area (Å²) in [6.45, 7) is 5.24. The molecule has 3 N–H and O–H groups in total. The second kappa shape index (κ2) is 6.36. The van der Waals surface area contributed by atoms with E-state index in [0.717, 1.165) is 31.6 Å². The molecule has 0 saturated heterocycles. The number of amides is 2. The number of hydrogen-bond donors (Lipinski definition) is 3. The van der Waals surface area contributed by atoms with Crippen LogP contribution >= 0.6 is 0 Å². The van der Waals surface area contributed by atoms with Gasteiger partial charge in [0, 0.05) is 12.6 Å². The molecule has 1 aliphatic carbocycles. The average molecular weight is 263 g/mol. The first kappa shape index (κ1) is 13.6. The van der Waals surface area contributed by atoms with E-state index in [9.17, 15) is 4.79 Å². The summed E-state index contributed by atoms with van der Waals surface area (Å²) >= 11 is 0. The Bertz CT molecular complexity index is 414. The fourth-order valence-corrected chi connectivity index (χ4v) is 1.55. The SMILES string of the molecule is CC(C)CCNc1ccc(NC(=O)NC2CC2)nn1. The van der Waals surface area contributed by atoms with Crippen LogP contribution in [0.4, 0.5) is 16.4 Å². The van der Waals surface area contributed by atoms with Crippen molar-refractivity contribution in [3.8, 4) is 0 Å². The molecule has 0 unspecified atom stereocenters. The van der Waals surface area contributed by atoms with Crippen LogP contribution in [-0.2, 0) is 0 Å². The highest BCUT2D eigenvalue weighted by Gasteiger charge is 2.23. The first-order valence-electron chi connectivity index (χ1n) is 6.78. The van der Waals surface area contributed by atoms with Gasteiger partial charge in [0.05, 0.1) is 0 Å². The van der Waals surface area contributed by atoms with Gasteiger partial charge in [-0.2, -0.15) is 0 Å². The smallest absolute Gasteiger partial charge is 0.320 e. The fraction of sp³-hybridized carbons (Fsp3) is 0.615. The van der Waals surface area contributed by atoms with E-state index in [1.165, 1.54) is 0 Å². The standard InChI is InChI=1S/C13H21N5O/c1-9(2)7-8-14-11-5-6-12(18-17-11)16-13(19)15-10-3-4-10/h5-6,9-10H,3-4,7-8H2,1-2H3,(H,14,17)(H2,15,16,18,19). The molecule has 0 aromatic carbocycles. The van der Waals surface area contributed by atoms with Crippen molar-refractivity contribution in [2.45, 2.75) is 39.2 Å². The number of anilines is 2.